The number of aryl methyl sites for hydroxylation is 1. The van der Waals surface area contributed by atoms with Crippen LogP contribution in [0.3, 0.4) is 0 Å². The average molecular weight is 343 g/mol. The number of ether oxygens (including phenoxy) is 1. The molecule has 0 amide bonds. The zero-order valence-electron chi connectivity index (χ0n) is 13.1. The minimum absolute atomic E-state index is 0.155. The van der Waals surface area contributed by atoms with E-state index < -0.39 is 28.0 Å². The SMILES string of the molecule is Cc1cccc(F)c1S(=O)(=O)N1CCOCC1C1CCCC1O. The Morgan fingerprint density at radius 1 is 1.35 bits per heavy atom. The van der Waals surface area contributed by atoms with Crippen LogP contribution in [0.2, 0.25) is 0 Å². The van der Waals surface area contributed by atoms with E-state index in [2.05, 4.69) is 0 Å². The van der Waals surface area contributed by atoms with E-state index in [4.69, 9.17) is 4.74 Å². The number of hydrogen-bond donors (Lipinski definition) is 1. The summed E-state index contributed by atoms with van der Waals surface area (Å²) in [5.74, 6) is -0.889. The van der Waals surface area contributed by atoms with E-state index in [1.165, 1.54) is 16.4 Å². The summed E-state index contributed by atoms with van der Waals surface area (Å²) in [5, 5.41) is 10.2. The largest absolute Gasteiger partial charge is 0.393 e. The fourth-order valence-corrected chi connectivity index (χ4v) is 5.63. The van der Waals surface area contributed by atoms with Crippen molar-refractivity contribution in [1.82, 2.24) is 4.31 Å². The highest BCUT2D eigenvalue weighted by molar-refractivity contribution is 7.89. The van der Waals surface area contributed by atoms with Gasteiger partial charge < -0.3 is 9.84 Å². The lowest BCUT2D eigenvalue weighted by Crippen LogP contribution is -2.53. The van der Waals surface area contributed by atoms with Gasteiger partial charge in [-0.05, 0) is 31.4 Å². The highest BCUT2D eigenvalue weighted by atomic mass is 32.2. The van der Waals surface area contributed by atoms with Crippen molar-refractivity contribution in [2.24, 2.45) is 5.92 Å². The molecular formula is C16H22FNO4S. The molecule has 2 aliphatic rings. The van der Waals surface area contributed by atoms with Gasteiger partial charge in [0.05, 0.1) is 25.4 Å². The van der Waals surface area contributed by atoms with Crippen LogP contribution in [0.15, 0.2) is 23.1 Å². The number of nitrogens with zero attached hydrogens (tertiary/aromatic N) is 1. The number of aliphatic hydroxyl groups is 1. The lowest BCUT2D eigenvalue weighted by atomic mass is 9.96. The Kier molecular flexibility index (Phi) is 4.73. The Hall–Kier alpha value is -1.02. The molecule has 3 rings (SSSR count). The summed E-state index contributed by atoms with van der Waals surface area (Å²) < 4.78 is 47.1. The van der Waals surface area contributed by atoms with Gasteiger partial charge in [0.2, 0.25) is 10.0 Å². The molecule has 1 aromatic rings. The first-order valence-corrected chi connectivity index (χ1v) is 9.39. The van der Waals surface area contributed by atoms with Crippen LogP contribution < -0.4 is 0 Å². The van der Waals surface area contributed by atoms with E-state index >= 15 is 0 Å². The summed E-state index contributed by atoms with van der Waals surface area (Å²) >= 11 is 0. The molecule has 0 radical (unpaired) electrons. The molecule has 5 nitrogen and oxygen atoms in total. The molecule has 23 heavy (non-hydrogen) atoms. The van der Waals surface area contributed by atoms with Gasteiger partial charge in [-0.15, -0.1) is 0 Å². The summed E-state index contributed by atoms with van der Waals surface area (Å²) in [4.78, 5) is -0.264. The molecule has 3 unspecified atom stereocenters. The molecule has 1 saturated carbocycles. The zero-order valence-corrected chi connectivity index (χ0v) is 13.9. The molecule has 2 fully saturated rings. The van der Waals surface area contributed by atoms with Crippen molar-refractivity contribution in [2.45, 2.75) is 43.2 Å². The van der Waals surface area contributed by atoms with Gasteiger partial charge in [0.15, 0.2) is 0 Å². The van der Waals surface area contributed by atoms with Crippen LogP contribution in [0.5, 0.6) is 0 Å². The minimum Gasteiger partial charge on any atom is -0.393 e. The Morgan fingerprint density at radius 2 is 2.13 bits per heavy atom. The van der Waals surface area contributed by atoms with Crippen molar-refractivity contribution in [3.8, 4) is 0 Å². The number of sulfonamides is 1. The number of hydrogen-bond acceptors (Lipinski definition) is 4. The molecule has 128 valence electrons. The van der Waals surface area contributed by atoms with Crippen molar-refractivity contribution in [3.05, 3.63) is 29.6 Å². The summed E-state index contributed by atoms with van der Waals surface area (Å²) in [7, 11) is -3.97. The minimum atomic E-state index is -3.97. The number of morpholine rings is 1. The molecule has 1 aromatic carbocycles. The first-order valence-electron chi connectivity index (χ1n) is 7.95. The molecule has 7 heteroatoms. The highest BCUT2D eigenvalue weighted by Crippen LogP contribution is 2.35. The molecule has 1 N–H and O–H groups in total. The van der Waals surface area contributed by atoms with Crippen LogP contribution in [-0.4, -0.2) is 49.7 Å². The van der Waals surface area contributed by atoms with Crippen LogP contribution in [0.25, 0.3) is 0 Å². The van der Waals surface area contributed by atoms with Gasteiger partial charge >= 0.3 is 0 Å². The molecule has 1 heterocycles. The van der Waals surface area contributed by atoms with Crippen LogP contribution in [0.4, 0.5) is 4.39 Å². The first kappa shape index (κ1) is 16.8. The smallest absolute Gasteiger partial charge is 0.246 e. The molecular weight excluding hydrogens is 321 g/mol. The van der Waals surface area contributed by atoms with E-state index in [0.717, 1.165) is 12.8 Å². The normalized spacial score (nSPS) is 29.8. The molecule has 1 saturated heterocycles. The Labute approximate surface area is 136 Å². The number of aliphatic hydroxyl groups excluding tert-OH is 1. The van der Waals surface area contributed by atoms with E-state index in [-0.39, 0.29) is 30.6 Å². The molecule has 1 aliphatic heterocycles. The summed E-state index contributed by atoms with van der Waals surface area (Å²) in [6.45, 7) is 2.31. The Morgan fingerprint density at radius 3 is 2.78 bits per heavy atom. The Bertz CT molecular complexity index is 658. The Balaban J connectivity index is 1.99. The third-order valence-electron chi connectivity index (χ3n) is 4.87. The number of rotatable bonds is 3. The second kappa shape index (κ2) is 6.47. The van der Waals surface area contributed by atoms with Gasteiger partial charge in [0.1, 0.15) is 10.7 Å². The van der Waals surface area contributed by atoms with Crippen molar-refractivity contribution in [1.29, 1.82) is 0 Å². The fraction of sp³-hybridized carbons (Fsp3) is 0.625. The van der Waals surface area contributed by atoms with Crippen molar-refractivity contribution >= 4 is 10.0 Å². The molecule has 3 atom stereocenters. The number of benzene rings is 1. The maximum absolute atomic E-state index is 14.2. The number of halogens is 1. The van der Waals surface area contributed by atoms with Crippen molar-refractivity contribution in [3.63, 3.8) is 0 Å². The van der Waals surface area contributed by atoms with Gasteiger partial charge in [-0.3, -0.25) is 0 Å². The van der Waals surface area contributed by atoms with Crippen molar-refractivity contribution < 1.29 is 22.7 Å². The van der Waals surface area contributed by atoms with Crippen LogP contribution >= 0.6 is 0 Å². The predicted octanol–water partition coefficient (Wildman–Crippen LogP) is 1.68. The van der Waals surface area contributed by atoms with E-state index in [1.54, 1.807) is 13.0 Å². The van der Waals surface area contributed by atoms with E-state index in [1.807, 2.05) is 0 Å². The average Bonchev–Trinajstić information content (AvgIpc) is 2.93. The molecule has 0 spiro atoms. The third-order valence-corrected chi connectivity index (χ3v) is 6.97. The quantitative estimate of drug-likeness (QED) is 0.907. The standard InChI is InChI=1S/C16H22FNO4S/c1-11-4-2-6-13(17)16(11)23(20,21)18-8-9-22-10-14(18)12-5-3-7-15(12)19/h2,4,6,12,14-15,19H,3,5,7-10H2,1H3. The molecule has 0 aromatic heterocycles. The second-order valence-electron chi connectivity index (χ2n) is 6.31. The lowest BCUT2D eigenvalue weighted by Gasteiger charge is -2.39. The van der Waals surface area contributed by atoms with Crippen LogP contribution in [0, 0.1) is 18.7 Å². The van der Waals surface area contributed by atoms with E-state index in [9.17, 15) is 17.9 Å². The predicted molar refractivity (Wildman–Crippen MR) is 83.0 cm³/mol. The van der Waals surface area contributed by atoms with Gasteiger partial charge in [-0.2, -0.15) is 4.31 Å². The summed E-state index contributed by atoms with van der Waals surface area (Å²) in [6.07, 6.45) is 1.78. The highest BCUT2D eigenvalue weighted by Gasteiger charge is 2.43. The fourth-order valence-electron chi connectivity index (χ4n) is 3.72. The molecule has 0 bridgehead atoms. The third kappa shape index (κ3) is 3.03. The van der Waals surface area contributed by atoms with Gasteiger partial charge in [-0.1, -0.05) is 18.6 Å². The monoisotopic (exact) mass is 343 g/mol. The maximum Gasteiger partial charge on any atom is 0.246 e. The van der Waals surface area contributed by atoms with Crippen molar-refractivity contribution in [2.75, 3.05) is 19.8 Å². The van der Waals surface area contributed by atoms with E-state index in [0.29, 0.717) is 12.0 Å². The van der Waals surface area contributed by atoms with Crippen LogP contribution in [-0.2, 0) is 14.8 Å². The maximum atomic E-state index is 14.2. The van der Waals surface area contributed by atoms with Gasteiger partial charge in [0, 0.05) is 12.5 Å². The first-order chi connectivity index (χ1) is 10.9. The molecule has 1 aliphatic carbocycles. The second-order valence-corrected chi connectivity index (χ2v) is 8.13. The zero-order chi connectivity index (χ0) is 16.6. The van der Waals surface area contributed by atoms with Gasteiger partial charge in [-0.25, -0.2) is 12.8 Å². The lowest BCUT2D eigenvalue weighted by molar-refractivity contribution is -0.0148. The van der Waals surface area contributed by atoms with Crippen LogP contribution in [0.1, 0.15) is 24.8 Å². The topological polar surface area (TPSA) is 66.8 Å². The summed E-state index contributed by atoms with van der Waals surface area (Å²) in [5.41, 5.74) is 0.391. The summed E-state index contributed by atoms with van der Waals surface area (Å²) in [6, 6.07) is 3.82. The van der Waals surface area contributed by atoms with Gasteiger partial charge in [0.25, 0.3) is 0 Å².